The molecule has 0 heterocycles. The first-order chi connectivity index (χ1) is 13.8. The summed E-state index contributed by atoms with van der Waals surface area (Å²) < 4.78 is 19.9. The van der Waals surface area contributed by atoms with Crippen molar-refractivity contribution in [2.75, 3.05) is 19.8 Å². The maximum absolute atomic E-state index is 6.62. The summed E-state index contributed by atoms with van der Waals surface area (Å²) in [4.78, 5) is 0. The van der Waals surface area contributed by atoms with Gasteiger partial charge in [0.1, 0.15) is 0 Å². The highest BCUT2D eigenvalue weighted by Gasteiger charge is 2.49. The second-order valence-corrected chi connectivity index (χ2v) is 11.6. The van der Waals surface area contributed by atoms with Gasteiger partial charge in [-0.15, -0.1) is 0 Å². The molecule has 0 unspecified atom stereocenters. The van der Waals surface area contributed by atoms with Crippen LogP contribution in [0.25, 0.3) is 0 Å². The molecule has 0 radical (unpaired) electrons. The van der Waals surface area contributed by atoms with Crippen molar-refractivity contribution >= 4 is 8.80 Å². The molecule has 0 N–H and O–H groups in total. The summed E-state index contributed by atoms with van der Waals surface area (Å²) in [6, 6.07) is 0. The summed E-state index contributed by atoms with van der Waals surface area (Å²) in [5, 5.41) is 0. The summed E-state index contributed by atoms with van der Waals surface area (Å²) in [5.74, 6) is 0. The van der Waals surface area contributed by atoms with Crippen LogP contribution in [0, 0.1) is 0 Å². The third-order valence-corrected chi connectivity index (χ3v) is 9.41. The summed E-state index contributed by atoms with van der Waals surface area (Å²) in [7, 11) is -2.58. The van der Waals surface area contributed by atoms with E-state index in [4.69, 9.17) is 13.3 Å². The van der Waals surface area contributed by atoms with Crippen molar-refractivity contribution in [3.05, 3.63) is 0 Å². The highest BCUT2D eigenvalue weighted by molar-refractivity contribution is 6.62. The van der Waals surface area contributed by atoms with Crippen LogP contribution in [0.2, 0.25) is 5.54 Å². The molecule has 3 nitrogen and oxygen atoms in total. The molecule has 1 aliphatic carbocycles. The molecule has 1 fully saturated rings. The van der Waals surface area contributed by atoms with Crippen molar-refractivity contribution in [3.8, 4) is 0 Å². The Balaban J connectivity index is 2.66. The molecular formula is C24H50O3Si. The molecule has 0 saturated heterocycles. The zero-order valence-corrected chi connectivity index (χ0v) is 20.4. The fraction of sp³-hybridized carbons (Fsp3) is 1.00. The van der Waals surface area contributed by atoms with Crippen LogP contribution in [0.1, 0.15) is 130 Å². The van der Waals surface area contributed by atoms with Crippen LogP contribution in [0.5, 0.6) is 0 Å². The Morgan fingerprint density at radius 3 is 1.29 bits per heavy atom. The lowest BCUT2D eigenvalue weighted by molar-refractivity contribution is 0.0414. The van der Waals surface area contributed by atoms with Crippen LogP contribution in [-0.2, 0) is 13.3 Å². The van der Waals surface area contributed by atoms with Gasteiger partial charge in [-0.05, 0) is 32.1 Å². The Bertz CT molecular complexity index is 296. The van der Waals surface area contributed by atoms with Crippen molar-refractivity contribution in [1.29, 1.82) is 0 Å². The maximum atomic E-state index is 6.62. The zero-order valence-electron chi connectivity index (χ0n) is 19.4. The molecule has 168 valence electrons. The van der Waals surface area contributed by atoms with Gasteiger partial charge >= 0.3 is 8.80 Å². The van der Waals surface area contributed by atoms with Crippen LogP contribution in [0.4, 0.5) is 0 Å². The molecule has 1 aliphatic rings. The molecule has 28 heavy (non-hydrogen) atoms. The lowest BCUT2D eigenvalue weighted by atomic mass is 10.0. The van der Waals surface area contributed by atoms with E-state index in [1.165, 1.54) is 89.9 Å². The van der Waals surface area contributed by atoms with E-state index in [1.54, 1.807) is 0 Å². The fourth-order valence-corrected chi connectivity index (χ4v) is 7.52. The van der Waals surface area contributed by atoms with Crippen LogP contribution < -0.4 is 0 Å². The van der Waals surface area contributed by atoms with Crippen molar-refractivity contribution in [2.24, 2.45) is 0 Å². The van der Waals surface area contributed by atoms with Crippen molar-refractivity contribution in [3.63, 3.8) is 0 Å². The van der Waals surface area contributed by atoms with E-state index < -0.39 is 8.80 Å². The van der Waals surface area contributed by atoms with Gasteiger partial charge < -0.3 is 13.3 Å². The standard InChI is InChI=1S/C24H50O3Si/c1-4-7-10-16-21-25-28(24-19-14-13-15-20-24,26-22-17-11-8-5-2)27-23-18-12-9-6-3/h24H,4-23H2,1-3H3. The van der Waals surface area contributed by atoms with Crippen molar-refractivity contribution in [1.82, 2.24) is 0 Å². The largest absolute Gasteiger partial charge is 0.504 e. The van der Waals surface area contributed by atoms with E-state index in [1.807, 2.05) is 0 Å². The average molecular weight is 415 g/mol. The van der Waals surface area contributed by atoms with Crippen LogP contribution >= 0.6 is 0 Å². The highest BCUT2D eigenvalue weighted by Crippen LogP contribution is 2.39. The van der Waals surface area contributed by atoms with Gasteiger partial charge in [0.15, 0.2) is 0 Å². The molecule has 1 saturated carbocycles. The third-order valence-electron chi connectivity index (χ3n) is 6.01. The summed E-state index contributed by atoms with van der Waals surface area (Å²) in [5.41, 5.74) is 0.532. The monoisotopic (exact) mass is 414 g/mol. The lowest BCUT2D eigenvalue weighted by Crippen LogP contribution is -2.51. The second kappa shape index (κ2) is 17.9. The van der Waals surface area contributed by atoms with Crippen molar-refractivity contribution < 1.29 is 13.3 Å². The molecular weight excluding hydrogens is 364 g/mol. The Kier molecular flexibility index (Phi) is 16.7. The van der Waals surface area contributed by atoms with Gasteiger partial charge in [-0.25, -0.2) is 0 Å². The molecule has 0 aromatic rings. The normalized spacial score (nSPS) is 16.0. The topological polar surface area (TPSA) is 27.7 Å². The SMILES string of the molecule is CCCCCCO[Si](OCCCCCC)(OCCCCCC)C1CCCCC1. The molecule has 0 aromatic carbocycles. The minimum Gasteiger partial charge on any atom is -0.373 e. The predicted molar refractivity (Wildman–Crippen MR) is 123 cm³/mol. The lowest BCUT2D eigenvalue weighted by Gasteiger charge is -2.38. The Morgan fingerprint density at radius 1 is 0.536 bits per heavy atom. The predicted octanol–water partition coefficient (Wildman–Crippen LogP) is 8.05. The first-order valence-electron chi connectivity index (χ1n) is 12.7. The maximum Gasteiger partial charge on any atom is 0.504 e. The van der Waals surface area contributed by atoms with Crippen LogP contribution in [0.15, 0.2) is 0 Å². The molecule has 0 aromatic heterocycles. The number of unbranched alkanes of at least 4 members (excludes halogenated alkanes) is 9. The van der Waals surface area contributed by atoms with E-state index in [0.717, 1.165) is 39.1 Å². The van der Waals surface area contributed by atoms with Crippen LogP contribution in [-0.4, -0.2) is 28.6 Å². The Labute approximate surface area is 177 Å². The summed E-state index contributed by atoms with van der Waals surface area (Å²) in [6.45, 7) is 9.27. The van der Waals surface area contributed by atoms with Gasteiger partial charge in [-0.3, -0.25) is 0 Å². The number of hydrogen-bond acceptors (Lipinski definition) is 3. The molecule has 0 spiro atoms. The molecule has 4 heteroatoms. The minimum absolute atomic E-state index is 0.532. The minimum atomic E-state index is -2.58. The van der Waals surface area contributed by atoms with E-state index in [2.05, 4.69) is 20.8 Å². The molecule has 0 bridgehead atoms. The second-order valence-electron chi connectivity index (χ2n) is 8.67. The van der Waals surface area contributed by atoms with Gasteiger partial charge in [-0.2, -0.15) is 0 Å². The van der Waals surface area contributed by atoms with Gasteiger partial charge in [-0.1, -0.05) is 97.8 Å². The number of rotatable bonds is 19. The highest BCUT2D eigenvalue weighted by atomic mass is 28.4. The van der Waals surface area contributed by atoms with E-state index >= 15 is 0 Å². The third kappa shape index (κ3) is 11.3. The smallest absolute Gasteiger partial charge is 0.373 e. The van der Waals surface area contributed by atoms with Crippen molar-refractivity contribution in [2.45, 2.75) is 135 Å². The average Bonchev–Trinajstić information content (AvgIpc) is 2.73. The van der Waals surface area contributed by atoms with E-state index in [0.29, 0.717) is 5.54 Å². The molecule has 0 aliphatic heterocycles. The number of hydrogen-bond donors (Lipinski definition) is 0. The van der Waals surface area contributed by atoms with Crippen LogP contribution in [0.3, 0.4) is 0 Å². The van der Waals surface area contributed by atoms with Gasteiger partial charge in [0.05, 0.1) is 0 Å². The molecule has 0 atom stereocenters. The van der Waals surface area contributed by atoms with E-state index in [-0.39, 0.29) is 0 Å². The summed E-state index contributed by atoms with van der Waals surface area (Å²) >= 11 is 0. The van der Waals surface area contributed by atoms with Gasteiger partial charge in [0.25, 0.3) is 0 Å². The fourth-order valence-electron chi connectivity index (χ4n) is 4.16. The molecule has 0 amide bonds. The van der Waals surface area contributed by atoms with Gasteiger partial charge in [0, 0.05) is 25.4 Å². The first kappa shape index (κ1) is 26.1. The van der Waals surface area contributed by atoms with E-state index in [9.17, 15) is 0 Å². The first-order valence-corrected chi connectivity index (χ1v) is 14.5. The van der Waals surface area contributed by atoms with Gasteiger partial charge in [0.2, 0.25) is 0 Å². The Morgan fingerprint density at radius 2 is 0.929 bits per heavy atom. The quantitative estimate of drug-likeness (QED) is 0.158. The zero-order chi connectivity index (χ0) is 20.3. The Hall–Kier alpha value is 0.0969. The molecule has 1 rings (SSSR count). The summed E-state index contributed by atoms with van der Waals surface area (Å²) in [6.07, 6.45) is 21.4.